The number of phenols is 1. The second-order valence-corrected chi connectivity index (χ2v) is 5.22. The molecule has 1 aromatic carbocycles. The number of carbonyl (C=O) groups excluding carboxylic acids is 1. The predicted octanol–water partition coefficient (Wildman–Crippen LogP) is 2.71. The number of nitrogens with zero attached hydrogens (tertiary/aromatic N) is 3. The Morgan fingerprint density at radius 1 is 1.30 bits per heavy atom. The van der Waals surface area contributed by atoms with E-state index in [2.05, 4.69) is 10.1 Å². The molecule has 23 heavy (non-hydrogen) atoms. The lowest BCUT2D eigenvalue weighted by molar-refractivity contribution is -0.127. The van der Waals surface area contributed by atoms with Gasteiger partial charge in [0, 0.05) is 19.3 Å². The van der Waals surface area contributed by atoms with Crippen molar-refractivity contribution >= 4 is 17.6 Å². The Balaban J connectivity index is 2.17. The zero-order valence-electron chi connectivity index (χ0n) is 13.8. The first-order valence-corrected chi connectivity index (χ1v) is 7.97. The van der Waals surface area contributed by atoms with E-state index < -0.39 is 6.04 Å². The van der Waals surface area contributed by atoms with Crippen LogP contribution in [0.5, 0.6) is 5.75 Å². The molecule has 0 saturated heterocycles. The predicted molar refractivity (Wildman–Crippen MR) is 89.5 cm³/mol. The van der Waals surface area contributed by atoms with Crippen LogP contribution in [0.15, 0.2) is 34.4 Å². The van der Waals surface area contributed by atoms with Crippen LogP contribution < -0.4 is 0 Å². The molecule has 1 aliphatic heterocycles. The number of hydrogen-bond donors (Lipinski definition) is 1. The van der Waals surface area contributed by atoms with E-state index in [4.69, 9.17) is 4.74 Å². The minimum absolute atomic E-state index is 0.138. The van der Waals surface area contributed by atoms with Crippen molar-refractivity contribution in [2.45, 2.75) is 46.1 Å². The minimum atomic E-state index is -0.474. The van der Waals surface area contributed by atoms with Crippen molar-refractivity contribution < 1.29 is 14.6 Å². The van der Waals surface area contributed by atoms with Crippen molar-refractivity contribution in [3.05, 3.63) is 29.8 Å². The highest BCUT2D eigenvalue weighted by atomic mass is 16.5. The molecule has 2 rings (SSSR count). The van der Waals surface area contributed by atoms with Crippen LogP contribution in [0.25, 0.3) is 0 Å². The number of aliphatic imine (C=N–C) groups is 1. The summed E-state index contributed by atoms with van der Waals surface area (Å²) in [6.07, 6.45) is 1.74. The first kappa shape index (κ1) is 17.0. The number of carbonyl (C=O) groups is 1. The highest BCUT2D eigenvalue weighted by Crippen LogP contribution is 2.20. The van der Waals surface area contributed by atoms with Crippen molar-refractivity contribution in [3.63, 3.8) is 0 Å². The van der Waals surface area contributed by atoms with E-state index in [0.29, 0.717) is 37.6 Å². The highest BCUT2D eigenvalue weighted by molar-refractivity contribution is 6.06. The molecule has 1 heterocycles. The molecule has 6 nitrogen and oxygen atoms in total. The maximum absolute atomic E-state index is 12.6. The van der Waals surface area contributed by atoms with Gasteiger partial charge in [0.25, 0.3) is 5.91 Å². The number of phenolic OH excluding ortho intramolecular Hbond substituents is 1. The summed E-state index contributed by atoms with van der Waals surface area (Å²) in [4.78, 5) is 17.1. The summed E-state index contributed by atoms with van der Waals surface area (Å²) in [6, 6.07) is 6.34. The lowest BCUT2D eigenvalue weighted by atomic mass is 10.1. The van der Waals surface area contributed by atoms with Crippen LogP contribution in [-0.2, 0) is 16.0 Å². The zero-order chi connectivity index (χ0) is 16.8. The number of hydrazone groups is 1. The Hall–Kier alpha value is -2.37. The molecule has 0 fully saturated rings. The molecule has 1 amide bonds. The molecule has 1 aliphatic rings. The fourth-order valence-corrected chi connectivity index (χ4v) is 2.37. The van der Waals surface area contributed by atoms with Crippen LogP contribution in [0.2, 0.25) is 0 Å². The van der Waals surface area contributed by atoms with Crippen LogP contribution in [0.3, 0.4) is 0 Å². The Morgan fingerprint density at radius 2 is 2.00 bits per heavy atom. The standard InChI is InChI=1S/C17H23N3O3/c1-4-15-18-14(11-12-7-9-13(21)10-8-12)17(22)20(15)19-16(5-2)23-6-3/h7-10,14,21H,4-6,11H2,1-3H3/b19-16+/t14-/m1/s1. The number of rotatable bonds is 6. The molecule has 0 spiro atoms. The van der Waals surface area contributed by atoms with Gasteiger partial charge in [-0.2, -0.15) is 5.01 Å². The van der Waals surface area contributed by atoms with Gasteiger partial charge in [0.2, 0.25) is 5.90 Å². The molecular formula is C17H23N3O3. The van der Waals surface area contributed by atoms with E-state index in [-0.39, 0.29) is 11.7 Å². The largest absolute Gasteiger partial charge is 0.508 e. The molecule has 0 saturated carbocycles. The normalized spacial score (nSPS) is 18.3. The Bertz CT molecular complexity index is 608. The van der Waals surface area contributed by atoms with Crippen LogP contribution in [0.1, 0.15) is 39.2 Å². The Morgan fingerprint density at radius 3 is 2.57 bits per heavy atom. The monoisotopic (exact) mass is 317 g/mol. The summed E-state index contributed by atoms with van der Waals surface area (Å²) in [5.41, 5.74) is 0.951. The quantitative estimate of drug-likeness (QED) is 0.647. The highest BCUT2D eigenvalue weighted by Gasteiger charge is 2.34. The van der Waals surface area contributed by atoms with Gasteiger partial charge < -0.3 is 9.84 Å². The van der Waals surface area contributed by atoms with E-state index in [0.717, 1.165) is 5.56 Å². The van der Waals surface area contributed by atoms with Crippen molar-refractivity contribution in [1.82, 2.24) is 5.01 Å². The molecule has 0 aromatic heterocycles. The van der Waals surface area contributed by atoms with Crippen LogP contribution in [-0.4, -0.2) is 40.4 Å². The lowest BCUT2D eigenvalue weighted by Crippen LogP contribution is -2.32. The van der Waals surface area contributed by atoms with Gasteiger partial charge in [0.1, 0.15) is 17.6 Å². The van der Waals surface area contributed by atoms with Crippen LogP contribution in [0, 0.1) is 0 Å². The van der Waals surface area contributed by atoms with Gasteiger partial charge in [-0.3, -0.25) is 9.79 Å². The number of hydrogen-bond acceptors (Lipinski definition) is 5. The van der Waals surface area contributed by atoms with E-state index >= 15 is 0 Å². The third-order valence-electron chi connectivity index (χ3n) is 3.55. The average Bonchev–Trinajstić information content (AvgIpc) is 2.85. The van der Waals surface area contributed by atoms with Crippen molar-refractivity contribution in [2.24, 2.45) is 10.1 Å². The molecule has 0 bridgehead atoms. The number of aromatic hydroxyl groups is 1. The zero-order valence-corrected chi connectivity index (χ0v) is 13.8. The number of benzene rings is 1. The Labute approximate surface area is 136 Å². The van der Waals surface area contributed by atoms with E-state index in [1.807, 2.05) is 20.8 Å². The first-order chi connectivity index (χ1) is 11.1. The molecule has 0 radical (unpaired) electrons. The molecular weight excluding hydrogens is 294 g/mol. The second-order valence-electron chi connectivity index (χ2n) is 5.22. The molecule has 6 heteroatoms. The van der Waals surface area contributed by atoms with Gasteiger partial charge in [-0.25, -0.2) is 0 Å². The summed E-state index contributed by atoms with van der Waals surface area (Å²) in [5.74, 6) is 1.26. The van der Waals surface area contributed by atoms with Gasteiger partial charge in [-0.1, -0.05) is 26.0 Å². The summed E-state index contributed by atoms with van der Waals surface area (Å²) < 4.78 is 5.43. The smallest absolute Gasteiger partial charge is 0.273 e. The number of amidine groups is 1. The van der Waals surface area contributed by atoms with Gasteiger partial charge in [0.15, 0.2) is 0 Å². The molecule has 124 valence electrons. The summed E-state index contributed by atoms with van der Waals surface area (Å²) in [6.45, 7) is 6.29. The fraction of sp³-hybridized carbons (Fsp3) is 0.471. The van der Waals surface area contributed by atoms with Gasteiger partial charge in [-0.15, -0.1) is 5.10 Å². The average molecular weight is 317 g/mol. The van der Waals surface area contributed by atoms with Crippen molar-refractivity contribution in [1.29, 1.82) is 0 Å². The third kappa shape index (κ3) is 4.09. The molecule has 0 unspecified atom stereocenters. The summed E-state index contributed by atoms with van der Waals surface area (Å²) in [5, 5.41) is 15.0. The first-order valence-electron chi connectivity index (χ1n) is 7.97. The SMILES string of the molecule is CCO/C(CC)=N/N1C(=O)[C@@H](Cc2ccc(O)cc2)N=C1CC. The van der Waals surface area contributed by atoms with E-state index in [9.17, 15) is 9.90 Å². The van der Waals surface area contributed by atoms with Gasteiger partial charge >= 0.3 is 0 Å². The Kier molecular flexibility index (Phi) is 5.73. The second kappa shape index (κ2) is 7.76. The lowest BCUT2D eigenvalue weighted by Gasteiger charge is -2.14. The van der Waals surface area contributed by atoms with Crippen LogP contribution in [0.4, 0.5) is 0 Å². The maximum Gasteiger partial charge on any atom is 0.273 e. The van der Waals surface area contributed by atoms with Crippen molar-refractivity contribution in [2.75, 3.05) is 6.61 Å². The minimum Gasteiger partial charge on any atom is -0.508 e. The molecule has 1 atom stereocenters. The van der Waals surface area contributed by atoms with E-state index in [1.54, 1.807) is 24.3 Å². The van der Waals surface area contributed by atoms with Gasteiger partial charge in [0.05, 0.1) is 6.61 Å². The van der Waals surface area contributed by atoms with Crippen molar-refractivity contribution in [3.8, 4) is 5.75 Å². The topological polar surface area (TPSA) is 74.5 Å². The summed E-state index contributed by atoms with van der Waals surface area (Å²) >= 11 is 0. The molecule has 0 aliphatic carbocycles. The van der Waals surface area contributed by atoms with Crippen LogP contribution >= 0.6 is 0 Å². The third-order valence-corrected chi connectivity index (χ3v) is 3.55. The molecule has 1 N–H and O–H groups in total. The number of amides is 1. The van der Waals surface area contributed by atoms with Gasteiger partial charge in [-0.05, 0) is 24.6 Å². The molecule has 1 aromatic rings. The fourth-order valence-electron chi connectivity index (χ4n) is 2.37. The maximum atomic E-state index is 12.6. The number of ether oxygens (including phenoxy) is 1. The summed E-state index contributed by atoms with van der Waals surface area (Å²) in [7, 11) is 0. The van der Waals surface area contributed by atoms with E-state index in [1.165, 1.54) is 5.01 Å².